The van der Waals surface area contributed by atoms with E-state index in [4.69, 9.17) is 9.15 Å². The van der Waals surface area contributed by atoms with Gasteiger partial charge in [0.25, 0.3) is 5.91 Å². The molecule has 7 heteroatoms. The molecule has 2 amide bonds. The lowest BCUT2D eigenvalue weighted by molar-refractivity contribution is -0.115. The lowest BCUT2D eigenvalue weighted by Crippen LogP contribution is -2.33. The maximum Gasteiger partial charge on any atom is 0.255 e. The van der Waals surface area contributed by atoms with E-state index in [9.17, 15) is 9.59 Å². The second-order valence-electron chi connectivity index (χ2n) is 5.80. The minimum Gasteiger partial charge on any atom is -0.493 e. The van der Waals surface area contributed by atoms with Crippen LogP contribution in [0.25, 0.3) is 11.1 Å². The fourth-order valence-electron chi connectivity index (χ4n) is 2.60. The SMILES string of the molecule is CCOc1ccccc1C(=O)NCC(=O)Nc1ccc2oc(CC)nc2c1. The molecule has 0 unspecified atom stereocenters. The Bertz CT molecular complexity index is 965. The van der Waals surface area contributed by atoms with Crippen LogP contribution in [0.2, 0.25) is 0 Å². The Labute approximate surface area is 156 Å². The molecule has 140 valence electrons. The van der Waals surface area contributed by atoms with Gasteiger partial charge in [-0.15, -0.1) is 0 Å². The Morgan fingerprint density at radius 3 is 2.74 bits per heavy atom. The quantitative estimate of drug-likeness (QED) is 0.669. The first kappa shape index (κ1) is 18.4. The Hall–Kier alpha value is -3.35. The molecule has 1 aromatic heterocycles. The molecule has 0 aliphatic heterocycles. The third kappa shape index (κ3) is 4.44. The largest absolute Gasteiger partial charge is 0.493 e. The highest BCUT2D eigenvalue weighted by molar-refractivity contribution is 6.01. The number of oxazole rings is 1. The van der Waals surface area contributed by atoms with Gasteiger partial charge in [0.05, 0.1) is 18.7 Å². The predicted octanol–water partition coefficient (Wildman–Crippen LogP) is 3.16. The average Bonchev–Trinajstić information content (AvgIpc) is 3.09. The molecule has 3 aromatic rings. The van der Waals surface area contributed by atoms with Crippen LogP contribution in [0.5, 0.6) is 5.75 Å². The van der Waals surface area contributed by atoms with Gasteiger partial charge >= 0.3 is 0 Å². The maximum atomic E-state index is 12.3. The van der Waals surface area contributed by atoms with Crippen molar-refractivity contribution in [3.05, 3.63) is 53.9 Å². The number of carbonyl (C=O) groups is 2. The fraction of sp³-hybridized carbons (Fsp3) is 0.250. The summed E-state index contributed by atoms with van der Waals surface area (Å²) in [6.45, 7) is 4.10. The summed E-state index contributed by atoms with van der Waals surface area (Å²) in [4.78, 5) is 28.8. The summed E-state index contributed by atoms with van der Waals surface area (Å²) in [5.41, 5.74) is 2.33. The maximum absolute atomic E-state index is 12.3. The van der Waals surface area contributed by atoms with E-state index in [2.05, 4.69) is 15.6 Å². The van der Waals surface area contributed by atoms with E-state index in [1.807, 2.05) is 13.8 Å². The van der Waals surface area contributed by atoms with Gasteiger partial charge in [0, 0.05) is 12.1 Å². The normalized spacial score (nSPS) is 10.6. The van der Waals surface area contributed by atoms with Crippen molar-refractivity contribution in [1.82, 2.24) is 10.3 Å². The Morgan fingerprint density at radius 2 is 1.96 bits per heavy atom. The first-order valence-corrected chi connectivity index (χ1v) is 8.80. The molecule has 0 fully saturated rings. The summed E-state index contributed by atoms with van der Waals surface area (Å²) < 4.78 is 11.0. The zero-order chi connectivity index (χ0) is 19.2. The van der Waals surface area contributed by atoms with Crippen LogP contribution in [0.1, 0.15) is 30.1 Å². The van der Waals surface area contributed by atoms with E-state index in [0.717, 1.165) is 0 Å². The van der Waals surface area contributed by atoms with Crippen LogP contribution in [-0.2, 0) is 11.2 Å². The Kier molecular flexibility index (Phi) is 5.71. The van der Waals surface area contributed by atoms with Crippen LogP contribution in [0.15, 0.2) is 46.9 Å². The lowest BCUT2D eigenvalue weighted by atomic mass is 10.2. The highest BCUT2D eigenvalue weighted by atomic mass is 16.5. The molecule has 0 bridgehead atoms. The fourth-order valence-corrected chi connectivity index (χ4v) is 2.60. The number of benzene rings is 2. The average molecular weight is 367 g/mol. The van der Waals surface area contributed by atoms with Crippen molar-refractivity contribution in [2.24, 2.45) is 0 Å². The number of fused-ring (bicyclic) bond motifs is 1. The molecule has 0 aliphatic rings. The van der Waals surface area contributed by atoms with Crippen LogP contribution < -0.4 is 15.4 Å². The summed E-state index contributed by atoms with van der Waals surface area (Å²) in [6.07, 6.45) is 0.700. The van der Waals surface area contributed by atoms with Gasteiger partial charge in [0.2, 0.25) is 5.91 Å². The smallest absolute Gasteiger partial charge is 0.255 e. The second-order valence-corrected chi connectivity index (χ2v) is 5.80. The number of hydrogen-bond donors (Lipinski definition) is 2. The molecule has 0 aliphatic carbocycles. The molecule has 1 heterocycles. The van der Waals surface area contributed by atoms with Crippen LogP contribution in [0, 0.1) is 0 Å². The van der Waals surface area contributed by atoms with Gasteiger partial charge in [0.1, 0.15) is 11.3 Å². The molecule has 0 saturated heterocycles. The molecule has 0 spiro atoms. The molecule has 2 aromatic carbocycles. The highest BCUT2D eigenvalue weighted by Gasteiger charge is 2.13. The van der Waals surface area contributed by atoms with Gasteiger partial charge in [-0.25, -0.2) is 4.98 Å². The third-order valence-electron chi connectivity index (χ3n) is 3.86. The minimum atomic E-state index is -0.367. The van der Waals surface area contributed by atoms with Gasteiger partial charge in [-0.2, -0.15) is 0 Å². The topological polar surface area (TPSA) is 93.5 Å². The van der Waals surface area contributed by atoms with E-state index in [-0.39, 0.29) is 18.4 Å². The number of rotatable bonds is 7. The number of amides is 2. The predicted molar refractivity (Wildman–Crippen MR) is 102 cm³/mol. The number of para-hydroxylation sites is 1. The molecule has 0 radical (unpaired) electrons. The van der Waals surface area contributed by atoms with Crippen molar-refractivity contribution in [3.63, 3.8) is 0 Å². The number of ether oxygens (including phenoxy) is 1. The zero-order valence-corrected chi connectivity index (χ0v) is 15.2. The van der Waals surface area contributed by atoms with E-state index >= 15 is 0 Å². The molecular formula is C20H21N3O4. The minimum absolute atomic E-state index is 0.156. The van der Waals surface area contributed by atoms with E-state index in [1.54, 1.807) is 42.5 Å². The molecule has 0 saturated carbocycles. The van der Waals surface area contributed by atoms with Crippen molar-refractivity contribution < 1.29 is 18.7 Å². The summed E-state index contributed by atoms with van der Waals surface area (Å²) in [7, 11) is 0. The molecule has 3 rings (SSSR count). The summed E-state index contributed by atoms with van der Waals surface area (Å²) in [5, 5.41) is 5.34. The summed E-state index contributed by atoms with van der Waals surface area (Å²) >= 11 is 0. The number of nitrogens with one attached hydrogen (secondary N) is 2. The number of nitrogens with zero attached hydrogens (tertiary/aromatic N) is 1. The van der Waals surface area contributed by atoms with Crippen molar-refractivity contribution in [2.75, 3.05) is 18.5 Å². The summed E-state index contributed by atoms with van der Waals surface area (Å²) in [6, 6.07) is 12.1. The van der Waals surface area contributed by atoms with Crippen molar-refractivity contribution in [3.8, 4) is 5.75 Å². The number of hydrogen-bond acceptors (Lipinski definition) is 5. The number of anilines is 1. The van der Waals surface area contributed by atoms with Crippen molar-refractivity contribution >= 4 is 28.6 Å². The van der Waals surface area contributed by atoms with Gasteiger partial charge in [0.15, 0.2) is 11.5 Å². The highest BCUT2D eigenvalue weighted by Crippen LogP contribution is 2.20. The van der Waals surface area contributed by atoms with Gasteiger partial charge in [-0.1, -0.05) is 19.1 Å². The first-order valence-electron chi connectivity index (χ1n) is 8.80. The number of aromatic nitrogens is 1. The Balaban J connectivity index is 1.60. The summed E-state index contributed by atoms with van der Waals surface area (Å²) in [5.74, 6) is 0.430. The van der Waals surface area contributed by atoms with Crippen molar-refractivity contribution in [1.29, 1.82) is 0 Å². The Morgan fingerprint density at radius 1 is 1.15 bits per heavy atom. The van der Waals surface area contributed by atoms with Crippen LogP contribution in [0.3, 0.4) is 0 Å². The van der Waals surface area contributed by atoms with Crippen LogP contribution >= 0.6 is 0 Å². The second kappa shape index (κ2) is 8.35. The van der Waals surface area contributed by atoms with Crippen LogP contribution in [-0.4, -0.2) is 29.9 Å². The first-order chi connectivity index (χ1) is 13.1. The monoisotopic (exact) mass is 367 g/mol. The lowest BCUT2D eigenvalue weighted by Gasteiger charge is -2.10. The molecule has 27 heavy (non-hydrogen) atoms. The molecular weight excluding hydrogens is 346 g/mol. The van der Waals surface area contributed by atoms with E-state index in [1.165, 1.54) is 0 Å². The zero-order valence-electron chi connectivity index (χ0n) is 15.2. The standard InChI is InChI=1S/C20H21N3O4/c1-3-19-23-15-11-13(9-10-17(15)27-19)22-18(24)12-21-20(25)14-7-5-6-8-16(14)26-4-2/h5-11H,3-4,12H2,1-2H3,(H,21,25)(H,22,24). The molecule has 2 N–H and O–H groups in total. The molecule has 0 atom stereocenters. The van der Waals surface area contributed by atoms with Crippen molar-refractivity contribution in [2.45, 2.75) is 20.3 Å². The third-order valence-corrected chi connectivity index (χ3v) is 3.86. The van der Waals surface area contributed by atoms with E-state index < -0.39 is 0 Å². The van der Waals surface area contributed by atoms with Crippen LogP contribution in [0.4, 0.5) is 5.69 Å². The van der Waals surface area contributed by atoms with Gasteiger partial charge < -0.3 is 19.8 Å². The number of aryl methyl sites for hydroxylation is 1. The number of carbonyl (C=O) groups excluding carboxylic acids is 2. The van der Waals surface area contributed by atoms with Gasteiger partial charge in [-0.3, -0.25) is 9.59 Å². The van der Waals surface area contributed by atoms with E-state index in [0.29, 0.717) is 47.0 Å². The molecule has 7 nitrogen and oxygen atoms in total. The van der Waals surface area contributed by atoms with Gasteiger partial charge in [-0.05, 0) is 37.3 Å².